The molecule has 4 heteroatoms. The molecule has 2 unspecified atom stereocenters. The average molecular weight is 346 g/mol. The van der Waals surface area contributed by atoms with Crippen molar-refractivity contribution in [3.05, 3.63) is 77.6 Å². The van der Waals surface area contributed by atoms with E-state index in [0.29, 0.717) is 6.42 Å². The fraction of sp³-hybridized carbons (Fsp3) is 0.273. The molecule has 0 amide bonds. The molecule has 132 valence electrons. The zero-order valence-corrected chi connectivity index (χ0v) is 14.8. The first-order chi connectivity index (χ1) is 12.6. The van der Waals surface area contributed by atoms with Gasteiger partial charge in [0.25, 0.3) is 0 Å². The third kappa shape index (κ3) is 2.97. The van der Waals surface area contributed by atoms with E-state index < -0.39 is 12.0 Å². The van der Waals surface area contributed by atoms with E-state index in [4.69, 9.17) is 0 Å². The van der Waals surface area contributed by atoms with Gasteiger partial charge >= 0.3 is 5.97 Å². The summed E-state index contributed by atoms with van der Waals surface area (Å²) in [7, 11) is 0. The molecule has 4 nitrogen and oxygen atoms in total. The largest absolute Gasteiger partial charge is 0.480 e. The van der Waals surface area contributed by atoms with Gasteiger partial charge in [-0.3, -0.25) is 14.7 Å². The standard InChI is InChI=1S/C22H22N2O2/c1-15-6-4-12-23-20(15)21(24-13-5-9-19(24)22(25)26)18-11-10-16-7-2-3-8-17(16)14-18/h2-4,6-8,10-12,14,19,21H,5,9,13H2,1H3,(H,25,26). The van der Waals surface area contributed by atoms with Crippen molar-refractivity contribution in [2.24, 2.45) is 0 Å². The molecule has 0 radical (unpaired) electrons. The maximum Gasteiger partial charge on any atom is 0.320 e. The zero-order chi connectivity index (χ0) is 18.1. The average Bonchev–Trinajstić information content (AvgIpc) is 3.13. The highest BCUT2D eigenvalue weighted by Crippen LogP contribution is 2.36. The van der Waals surface area contributed by atoms with Crippen LogP contribution < -0.4 is 0 Å². The van der Waals surface area contributed by atoms with Gasteiger partial charge in [-0.1, -0.05) is 42.5 Å². The third-order valence-corrected chi connectivity index (χ3v) is 5.31. The number of nitrogens with zero attached hydrogens (tertiary/aromatic N) is 2. The number of hydrogen-bond donors (Lipinski definition) is 1. The smallest absolute Gasteiger partial charge is 0.320 e. The van der Waals surface area contributed by atoms with Crippen molar-refractivity contribution in [3.63, 3.8) is 0 Å². The van der Waals surface area contributed by atoms with E-state index >= 15 is 0 Å². The minimum Gasteiger partial charge on any atom is -0.480 e. The summed E-state index contributed by atoms with van der Waals surface area (Å²) >= 11 is 0. The summed E-state index contributed by atoms with van der Waals surface area (Å²) in [6.07, 6.45) is 3.38. The minimum atomic E-state index is -0.748. The predicted octanol–water partition coefficient (Wildman–Crippen LogP) is 4.18. The van der Waals surface area contributed by atoms with Gasteiger partial charge in [-0.25, -0.2) is 0 Å². The van der Waals surface area contributed by atoms with Crippen LogP contribution in [-0.2, 0) is 4.79 Å². The van der Waals surface area contributed by atoms with Crippen LogP contribution in [0.2, 0.25) is 0 Å². The SMILES string of the molecule is Cc1cccnc1C(c1ccc2ccccc2c1)N1CCCC1C(=O)O. The second kappa shape index (κ2) is 6.89. The Bertz CT molecular complexity index is 954. The zero-order valence-electron chi connectivity index (χ0n) is 14.8. The fourth-order valence-corrected chi connectivity index (χ4v) is 4.03. The number of hydrogen-bond acceptors (Lipinski definition) is 3. The summed E-state index contributed by atoms with van der Waals surface area (Å²) in [6, 6.07) is 18.0. The lowest BCUT2D eigenvalue weighted by Gasteiger charge is -2.32. The van der Waals surface area contributed by atoms with Crippen LogP contribution in [0, 0.1) is 6.92 Å². The van der Waals surface area contributed by atoms with Gasteiger partial charge in [-0.05, 0) is 53.8 Å². The number of benzene rings is 2. The highest BCUT2D eigenvalue weighted by molar-refractivity contribution is 5.83. The summed E-state index contributed by atoms with van der Waals surface area (Å²) in [5.41, 5.74) is 3.12. The summed E-state index contributed by atoms with van der Waals surface area (Å²) in [5.74, 6) is -0.748. The lowest BCUT2D eigenvalue weighted by Crippen LogP contribution is -2.39. The van der Waals surface area contributed by atoms with Crippen LogP contribution in [0.5, 0.6) is 0 Å². The summed E-state index contributed by atoms with van der Waals surface area (Å²) in [6.45, 7) is 2.81. The van der Waals surface area contributed by atoms with E-state index in [1.54, 1.807) is 6.20 Å². The molecule has 2 atom stereocenters. The van der Waals surface area contributed by atoms with Crippen LogP contribution >= 0.6 is 0 Å². The van der Waals surface area contributed by atoms with Gasteiger partial charge in [-0.15, -0.1) is 0 Å². The summed E-state index contributed by atoms with van der Waals surface area (Å²) < 4.78 is 0. The number of aryl methyl sites for hydroxylation is 1. The molecule has 1 fully saturated rings. The molecule has 1 aromatic heterocycles. The molecule has 1 aliphatic heterocycles. The number of aromatic nitrogens is 1. The third-order valence-electron chi connectivity index (χ3n) is 5.31. The molecule has 0 bridgehead atoms. The molecule has 26 heavy (non-hydrogen) atoms. The molecule has 2 heterocycles. The van der Waals surface area contributed by atoms with Crippen molar-refractivity contribution in [2.45, 2.75) is 31.8 Å². The highest BCUT2D eigenvalue weighted by atomic mass is 16.4. The van der Waals surface area contributed by atoms with E-state index in [1.807, 2.05) is 31.2 Å². The Morgan fingerprint density at radius 1 is 1.15 bits per heavy atom. The van der Waals surface area contributed by atoms with Gasteiger partial charge in [0, 0.05) is 12.7 Å². The maximum atomic E-state index is 11.8. The second-order valence-corrected chi connectivity index (χ2v) is 6.95. The first-order valence-corrected chi connectivity index (χ1v) is 9.04. The number of pyridine rings is 1. The number of rotatable bonds is 4. The number of aliphatic carboxylic acids is 1. The molecule has 0 saturated carbocycles. The number of likely N-dealkylation sites (tertiary alicyclic amines) is 1. The Balaban J connectivity index is 1.87. The number of carboxylic acid groups (broad SMARTS) is 1. The van der Waals surface area contributed by atoms with Gasteiger partial charge in [0.05, 0.1) is 11.7 Å². The molecular formula is C22H22N2O2. The Hall–Kier alpha value is -2.72. The molecule has 1 saturated heterocycles. The van der Waals surface area contributed by atoms with Crippen LogP contribution in [0.3, 0.4) is 0 Å². The monoisotopic (exact) mass is 346 g/mol. The normalized spacial score (nSPS) is 18.9. The topological polar surface area (TPSA) is 53.4 Å². The van der Waals surface area contributed by atoms with Crippen LogP contribution in [0.1, 0.15) is 35.7 Å². The Kier molecular flexibility index (Phi) is 4.43. The fourth-order valence-electron chi connectivity index (χ4n) is 4.03. The lowest BCUT2D eigenvalue weighted by molar-refractivity contribution is -0.142. The van der Waals surface area contributed by atoms with Gasteiger partial charge in [0.2, 0.25) is 0 Å². The minimum absolute atomic E-state index is 0.149. The molecule has 2 aromatic carbocycles. The van der Waals surface area contributed by atoms with Gasteiger partial charge < -0.3 is 5.11 Å². The summed E-state index contributed by atoms with van der Waals surface area (Å²) in [4.78, 5) is 18.6. The van der Waals surface area contributed by atoms with Crippen LogP contribution in [0.25, 0.3) is 10.8 Å². The van der Waals surface area contributed by atoms with Crippen LogP contribution in [-0.4, -0.2) is 33.5 Å². The van der Waals surface area contributed by atoms with E-state index in [1.165, 1.54) is 5.39 Å². The van der Waals surface area contributed by atoms with Crippen molar-refractivity contribution in [1.82, 2.24) is 9.88 Å². The number of carboxylic acids is 1. The van der Waals surface area contributed by atoms with Crippen LogP contribution in [0.4, 0.5) is 0 Å². The van der Waals surface area contributed by atoms with Gasteiger partial charge in [0.15, 0.2) is 0 Å². The predicted molar refractivity (Wildman–Crippen MR) is 102 cm³/mol. The van der Waals surface area contributed by atoms with Crippen molar-refractivity contribution in [1.29, 1.82) is 0 Å². The quantitative estimate of drug-likeness (QED) is 0.770. The maximum absolute atomic E-state index is 11.8. The molecular weight excluding hydrogens is 324 g/mol. The van der Waals surface area contributed by atoms with E-state index in [9.17, 15) is 9.90 Å². The van der Waals surface area contributed by atoms with E-state index in [-0.39, 0.29) is 6.04 Å². The highest BCUT2D eigenvalue weighted by Gasteiger charge is 2.37. The molecule has 4 rings (SSSR count). The van der Waals surface area contributed by atoms with E-state index in [0.717, 1.165) is 35.2 Å². The molecule has 0 aliphatic carbocycles. The molecule has 1 N–H and O–H groups in total. The first-order valence-electron chi connectivity index (χ1n) is 9.04. The Morgan fingerprint density at radius 3 is 2.73 bits per heavy atom. The Labute approximate surface area is 153 Å². The van der Waals surface area contributed by atoms with Crippen molar-refractivity contribution in [3.8, 4) is 0 Å². The molecule has 0 spiro atoms. The molecule has 3 aromatic rings. The van der Waals surface area contributed by atoms with Crippen molar-refractivity contribution in [2.75, 3.05) is 6.54 Å². The van der Waals surface area contributed by atoms with E-state index in [2.05, 4.69) is 40.2 Å². The molecule has 1 aliphatic rings. The summed E-state index contributed by atoms with van der Waals surface area (Å²) in [5, 5.41) is 12.1. The lowest BCUT2D eigenvalue weighted by atomic mass is 9.95. The number of carbonyl (C=O) groups is 1. The van der Waals surface area contributed by atoms with Crippen LogP contribution in [0.15, 0.2) is 60.8 Å². The van der Waals surface area contributed by atoms with Gasteiger partial charge in [0.1, 0.15) is 6.04 Å². The number of fused-ring (bicyclic) bond motifs is 1. The first kappa shape index (κ1) is 16.7. The van der Waals surface area contributed by atoms with Crippen molar-refractivity contribution < 1.29 is 9.90 Å². The van der Waals surface area contributed by atoms with Gasteiger partial charge in [-0.2, -0.15) is 0 Å². The van der Waals surface area contributed by atoms with Crippen molar-refractivity contribution >= 4 is 16.7 Å². The second-order valence-electron chi connectivity index (χ2n) is 6.95. The Morgan fingerprint density at radius 2 is 1.96 bits per heavy atom.